The smallest absolute Gasteiger partial charge is 0.267 e. The Kier molecular flexibility index (Phi) is 4.13. The first-order valence-corrected chi connectivity index (χ1v) is 8.51. The number of aryl methyl sites for hydroxylation is 1. The molecular weight excluding hydrogens is 329 g/mol. The molecule has 4 rings (SSSR count). The zero-order chi connectivity index (χ0) is 18.1. The lowest BCUT2D eigenvalue weighted by Gasteiger charge is -2.07. The molecule has 4 nitrogen and oxygen atoms in total. The van der Waals surface area contributed by atoms with E-state index in [1.54, 1.807) is 12.3 Å². The molecule has 2 N–H and O–H groups in total. The van der Waals surface area contributed by atoms with Gasteiger partial charge in [-0.15, -0.1) is 0 Å². The van der Waals surface area contributed by atoms with E-state index in [2.05, 4.69) is 15.3 Å². The quantitative estimate of drug-likeness (QED) is 0.583. The number of hydrogen-bond donors (Lipinski definition) is 2. The van der Waals surface area contributed by atoms with Crippen LogP contribution in [-0.4, -0.2) is 22.4 Å². The lowest BCUT2D eigenvalue weighted by molar-refractivity contribution is 0.0950. The third-order valence-electron chi connectivity index (χ3n) is 4.55. The maximum absolute atomic E-state index is 13.5. The van der Waals surface area contributed by atoms with Crippen LogP contribution in [0.15, 0.2) is 54.7 Å². The van der Waals surface area contributed by atoms with Crippen LogP contribution in [0.5, 0.6) is 0 Å². The predicted molar refractivity (Wildman–Crippen MR) is 101 cm³/mol. The first kappa shape index (κ1) is 16.3. The SMILES string of the molecule is Cc1cc(F)cc2[nH]c(C(=O)NCCc3cccc4cccnc34)cc12. The van der Waals surface area contributed by atoms with Crippen LogP contribution in [0, 0.1) is 12.7 Å². The number of benzene rings is 2. The molecule has 2 aromatic carbocycles. The maximum Gasteiger partial charge on any atom is 0.267 e. The Morgan fingerprint density at radius 3 is 2.92 bits per heavy atom. The van der Waals surface area contributed by atoms with E-state index in [-0.39, 0.29) is 11.7 Å². The molecule has 0 saturated heterocycles. The summed E-state index contributed by atoms with van der Waals surface area (Å²) in [5.41, 5.74) is 3.92. The second-order valence-corrected chi connectivity index (χ2v) is 6.37. The van der Waals surface area contributed by atoms with Crippen molar-refractivity contribution in [2.24, 2.45) is 0 Å². The molecule has 0 aliphatic carbocycles. The number of pyridine rings is 1. The minimum absolute atomic E-state index is 0.200. The predicted octanol–water partition coefficient (Wildman–Crippen LogP) is 4.14. The van der Waals surface area contributed by atoms with Gasteiger partial charge in [-0.3, -0.25) is 9.78 Å². The van der Waals surface area contributed by atoms with Crippen molar-refractivity contribution >= 4 is 27.7 Å². The normalized spacial score (nSPS) is 11.2. The second-order valence-electron chi connectivity index (χ2n) is 6.37. The van der Waals surface area contributed by atoms with Gasteiger partial charge in [-0.25, -0.2) is 4.39 Å². The molecule has 2 aromatic heterocycles. The van der Waals surface area contributed by atoms with E-state index in [0.717, 1.165) is 27.4 Å². The molecule has 26 heavy (non-hydrogen) atoms. The van der Waals surface area contributed by atoms with Crippen molar-refractivity contribution < 1.29 is 9.18 Å². The summed E-state index contributed by atoms with van der Waals surface area (Å²) in [5.74, 6) is -0.513. The van der Waals surface area contributed by atoms with Crippen LogP contribution in [0.3, 0.4) is 0 Å². The van der Waals surface area contributed by atoms with Gasteiger partial charge in [0.25, 0.3) is 5.91 Å². The number of amides is 1. The fourth-order valence-electron chi connectivity index (χ4n) is 3.27. The van der Waals surface area contributed by atoms with Crippen LogP contribution in [0.25, 0.3) is 21.8 Å². The zero-order valence-electron chi connectivity index (χ0n) is 14.3. The number of hydrogen-bond acceptors (Lipinski definition) is 2. The van der Waals surface area contributed by atoms with Crippen molar-refractivity contribution in [2.75, 3.05) is 6.54 Å². The Balaban J connectivity index is 1.48. The van der Waals surface area contributed by atoms with Crippen molar-refractivity contribution in [3.8, 4) is 0 Å². The summed E-state index contributed by atoms with van der Waals surface area (Å²) in [6.07, 6.45) is 2.46. The van der Waals surface area contributed by atoms with Gasteiger partial charge in [0.1, 0.15) is 11.5 Å². The first-order valence-electron chi connectivity index (χ1n) is 8.51. The molecule has 0 saturated carbocycles. The third kappa shape index (κ3) is 3.04. The highest BCUT2D eigenvalue weighted by Gasteiger charge is 2.11. The molecule has 0 fully saturated rings. The van der Waals surface area contributed by atoms with Gasteiger partial charge in [0.2, 0.25) is 0 Å². The van der Waals surface area contributed by atoms with Gasteiger partial charge in [-0.2, -0.15) is 0 Å². The molecule has 0 radical (unpaired) electrons. The number of nitrogens with one attached hydrogen (secondary N) is 2. The van der Waals surface area contributed by atoms with Crippen LogP contribution in [-0.2, 0) is 6.42 Å². The Morgan fingerprint density at radius 2 is 2.04 bits per heavy atom. The molecule has 2 heterocycles. The van der Waals surface area contributed by atoms with Crippen LogP contribution in [0.1, 0.15) is 21.6 Å². The van der Waals surface area contributed by atoms with Crippen LogP contribution >= 0.6 is 0 Å². The molecule has 130 valence electrons. The summed E-state index contributed by atoms with van der Waals surface area (Å²) < 4.78 is 13.5. The van der Waals surface area contributed by atoms with Crippen molar-refractivity contribution in [1.82, 2.24) is 15.3 Å². The van der Waals surface area contributed by atoms with Crippen LogP contribution in [0.2, 0.25) is 0 Å². The topological polar surface area (TPSA) is 57.8 Å². The van der Waals surface area contributed by atoms with Gasteiger partial charge in [0, 0.05) is 29.0 Å². The van der Waals surface area contributed by atoms with Crippen LogP contribution in [0.4, 0.5) is 4.39 Å². The first-order chi connectivity index (χ1) is 12.6. The van der Waals surface area contributed by atoms with Gasteiger partial charge in [-0.1, -0.05) is 24.3 Å². The number of aromatic amines is 1. The van der Waals surface area contributed by atoms with E-state index >= 15 is 0 Å². The lowest BCUT2D eigenvalue weighted by atomic mass is 10.1. The fraction of sp³-hybridized carbons (Fsp3) is 0.143. The summed E-state index contributed by atoms with van der Waals surface area (Å²) in [4.78, 5) is 19.8. The molecule has 1 amide bonds. The number of fused-ring (bicyclic) bond motifs is 2. The number of nitrogens with zero attached hydrogens (tertiary/aromatic N) is 1. The van der Waals surface area contributed by atoms with Gasteiger partial charge in [0.05, 0.1) is 5.52 Å². The van der Waals surface area contributed by atoms with Crippen molar-refractivity contribution in [3.05, 3.63) is 77.4 Å². The number of para-hydroxylation sites is 1. The molecule has 5 heteroatoms. The number of halogens is 1. The standard InChI is InChI=1S/C21H18FN3O/c1-13-10-16(22)11-18-17(13)12-19(25-18)21(26)24-9-7-15-5-2-4-14-6-3-8-23-20(14)15/h2-6,8,10-12,25H,7,9H2,1H3,(H,24,26). The number of H-pyrrole nitrogens is 1. The summed E-state index contributed by atoms with van der Waals surface area (Å²) in [5, 5.41) is 4.86. The van der Waals surface area contributed by atoms with Gasteiger partial charge in [-0.05, 0) is 48.7 Å². The van der Waals surface area contributed by atoms with Crippen molar-refractivity contribution in [2.45, 2.75) is 13.3 Å². The Bertz CT molecular complexity index is 1110. The van der Waals surface area contributed by atoms with E-state index in [9.17, 15) is 9.18 Å². The van der Waals surface area contributed by atoms with E-state index in [4.69, 9.17) is 0 Å². The molecule has 0 bridgehead atoms. The molecule has 0 unspecified atom stereocenters. The zero-order valence-corrected chi connectivity index (χ0v) is 14.3. The summed E-state index contributed by atoms with van der Waals surface area (Å²) in [6, 6.07) is 14.6. The number of rotatable bonds is 4. The number of carbonyl (C=O) groups is 1. The van der Waals surface area contributed by atoms with E-state index in [1.165, 1.54) is 12.1 Å². The highest BCUT2D eigenvalue weighted by atomic mass is 19.1. The monoisotopic (exact) mass is 347 g/mol. The third-order valence-corrected chi connectivity index (χ3v) is 4.55. The van der Waals surface area contributed by atoms with Crippen molar-refractivity contribution in [3.63, 3.8) is 0 Å². The maximum atomic E-state index is 13.5. The minimum Gasteiger partial charge on any atom is -0.350 e. The lowest BCUT2D eigenvalue weighted by Crippen LogP contribution is -2.26. The Morgan fingerprint density at radius 1 is 1.19 bits per heavy atom. The summed E-state index contributed by atoms with van der Waals surface area (Å²) in [7, 11) is 0. The van der Waals surface area contributed by atoms with E-state index < -0.39 is 0 Å². The van der Waals surface area contributed by atoms with E-state index in [1.807, 2.05) is 37.3 Å². The second kappa shape index (κ2) is 6.59. The Hall–Kier alpha value is -3.21. The molecule has 0 atom stereocenters. The van der Waals surface area contributed by atoms with Gasteiger partial charge < -0.3 is 10.3 Å². The molecule has 0 aliphatic heterocycles. The average Bonchev–Trinajstić information content (AvgIpc) is 3.06. The summed E-state index contributed by atoms with van der Waals surface area (Å²) in [6.45, 7) is 2.33. The van der Waals surface area contributed by atoms with Crippen LogP contribution < -0.4 is 5.32 Å². The Labute approximate surface area is 150 Å². The molecule has 0 aliphatic rings. The highest BCUT2D eigenvalue weighted by Crippen LogP contribution is 2.21. The highest BCUT2D eigenvalue weighted by molar-refractivity contribution is 5.98. The van der Waals surface area contributed by atoms with Gasteiger partial charge in [0.15, 0.2) is 0 Å². The molecule has 0 spiro atoms. The number of carbonyl (C=O) groups excluding carboxylic acids is 1. The van der Waals surface area contributed by atoms with E-state index in [0.29, 0.717) is 24.2 Å². The number of aromatic nitrogens is 2. The molecular formula is C21H18FN3O. The molecule has 4 aromatic rings. The summed E-state index contributed by atoms with van der Waals surface area (Å²) >= 11 is 0. The van der Waals surface area contributed by atoms with Crippen molar-refractivity contribution in [1.29, 1.82) is 0 Å². The fourth-order valence-corrected chi connectivity index (χ4v) is 3.27. The minimum atomic E-state index is -0.313. The van der Waals surface area contributed by atoms with Gasteiger partial charge >= 0.3 is 0 Å². The average molecular weight is 347 g/mol. The largest absolute Gasteiger partial charge is 0.350 e.